The fourth-order valence-corrected chi connectivity index (χ4v) is 3.01. The number of nitrogens with zero attached hydrogens (tertiary/aromatic N) is 2. The van der Waals surface area contributed by atoms with E-state index < -0.39 is 11.7 Å². The third-order valence-electron chi connectivity index (χ3n) is 4.38. The van der Waals surface area contributed by atoms with E-state index >= 15 is 0 Å². The van der Waals surface area contributed by atoms with Gasteiger partial charge < -0.3 is 10.1 Å². The lowest BCUT2D eigenvalue weighted by Gasteiger charge is -2.34. The zero-order chi connectivity index (χ0) is 17.6. The minimum atomic E-state index is -0.498. The molecule has 0 unspecified atom stereocenters. The van der Waals surface area contributed by atoms with Gasteiger partial charge in [0.05, 0.1) is 24.8 Å². The summed E-state index contributed by atoms with van der Waals surface area (Å²) in [6.45, 7) is 5.08. The van der Waals surface area contributed by atoms with E-state index in [-0.39, 0.29) is 11.6 Å². The first-order chi connectivity index (χ1) is 12.1. The molecule has 2 aromatic rings. The maximum atomic E-state index is 14.0. The number of rotatable bonds is 5. The second-order valence-electron chi connectivity index (χ2n) is 6.14. The molecule has 0 radical (unpaired) electrons. The summed E-state index contributed by atoms with van der Waals surface area (Å²) in [4.78, 5) is 18.8. The van der Waals surface area contributed by atoms with Crippen LogP contribution in [0.15, 0.2) is 42.7 Å². The van der Waals surface area contributed by atoms with Gasteiger partial charge in [-0.25, -0.2) is 4.39 Å². The van der Waals surface area contributed by atoms with Gasteiger partial charge in [-0.15, -0.1) is 0 Å². The quantitative estimate of drug-likeness (QED) is 0.905. The Morgan fingerprint density at radius 3 is 2.84 bits per heavy atom. The molecule has 0 aliphatic carbocycles. The van der Waals surface area contributed by atoms with E-state index in [0.717, 1.165) is 24.2 Å². The number of hydrogen-bond acceptors (Lipinski definition) is 4. The standard InChI is InChI=1S/C19H22FN3O2/c1-14-4-5-16(17(20)11-14)19(24)22-13-18(15-3-2-6-21-12-15)23-7-9-25-10-8-23/h2-6,11-12,18H,7-10,13H2,1H3,(H,22,24)/t18-/m0/s1. The summed E-state index contributed by atoms with van der Waals surface area (Å²) in [5.41, 5.74) is 1.88. The van der Waals surface area contributed by atoms with Crippen molar-refractivity contribution in [1.82, 2.24) is 15.2 Å². The van der Waals surface area contributed by atoms with Crippen molar-refractivity contribution >= 4 is 5.91 Å². The summed E-state index contributed by atoms with van der Waals surface area (Å²) in [5, 5.41) is 2.87. The Kier molecular flexibility index (Phi) is 5.73. The number of benzene rings is 1. The van der Waals surface area contributed by atoms with Crippen molar-refractivity contribution in [2.45, 2.75) is 13.0 Å². The van der Waals surface area contributed by atoms with Gasteiger partial charge in [-0.3, -0.25) is 14.7 Å². The lowest BCUT2D eigenvalue weighted by atomic mass is 10.1. The van der Waals surface area contributed by atoms with Crippen molar-refractivity contribution in [3.05, 3.63) is 65.2 Å². The van der Waals surface area contributed by atoms with Crippen molar-refractivity contribution in [1.29, 1.82) is 0 Å². The van der Waals surface area contributed by atoms with Crippen molar-refractivity contribution in [3.63, 3.8) is 0 Å². The van der Waals surface area contributed by atoms with Gasteiger partial charge >= 0.3 is 0 Å². The summed E-state index contributed by atoms with van der Waals surface area (Å²) in [5.74, 6) is -0.901. The highest BCUT2D eigenvalue weighted by atomic mass is 19.1. The first-order valence-corrected chi connectivity index (χ1v) is 8.41. The van der Waals surface area contributed by atoms with Crippen LogP contribution in [0.5, 0.6) is 0 Å². The fourth-order valence-electron chi connectivity index (χ4n) is 3.01. The third kappa shape index (κ3) is 4.41. The number of carbonyl (C=O) groups excluding carboxylic acids is 1. The number of amides is 1. The average molecular weight is 343 g/mol. The molecular formula is C19H22FN3O2. The van der Waals surface area contributed by atoms with E-state index in [1.807, 2.05) is 12.1 Å². The summed E-state index contributed by atoms with van der Waals surface area (Å²) < 4.78 is 19.4. The molecule has 5 nitrogen and oxygen atoms in total. The zero-order valence-electron chi connectivity index (χ0n) is 14.2. The topological polar surface area (TPSA) is 54.5 Å². The SMILES string of the molecule is Cc1ccc(C(=O)NC[C@@H](c2cccnc2)N2CCOCC2)c(F)c1. The smallest absolute Gasteiger partial charge is 0.254 e. The van der Waals surface area contributed by atoms with Gasteiger partial charge in [-0.1, -0.05) is 12.1 Å². The van der Waals surface area contributed by atoms with Crippen LogP contribution in [0.3, 0.4) is 0 Å². The van der Waals surface area contributed by atoms with Gasteiger partial charge in [-0.2, -0.15) is 0 Å². The number of pyridine rings is 1. The summed E-state index contributed by atoms with van der Waals surface area (Å²) >= 11 is 0. The molecular weight excluding hydrogens is 321 g/mol. The second kappa shape index (κ2) is 8.18. The molecule has 0 saturated carbocycles. The molecule has 0 spiro atoms. The Morgan fingerprint density at radius 1 is 1.36 bits per heavy atom. The maximum absolute atomic E-state index is 14.0. The highest BCUT2D eigenvalue weighted by Crippen LogP contribution is 2.20. The molecule has 6 heteroatoms. The fraction of sp³-hybridized carbons (Fsp3) is 0.368. The number of carbonyl (C=O) groups is 1. The molecule has 1 aliphatic rings. The van der Waals surface area contributed by atoms with Crippen molar-refractivity contribution in [2.24, 2.45) is 0 Å². The zero-order valence-corrected chi connectivity index (χ0v) is 14.2. The van der Waals surface area contributed by atoms with Crippen LogP contribution in [-0.2, 0) is 4.74 Å². The Bertz CT molecular complexity index is 718. The van der Waals surface area contributed by atoms with Crippen LogP contribution in [0.1, 0.15) is 27.5 Å². The number of ether oxygens (including phenoxy) is 1. The first kappa shape index (κ1) is 17.5. The normalized spacial score (nSPS) is 16.4. The molecule has 1 amide bonds. The number of aryl methyl sites for hydroxylation is 1. The van der Waals surface area contributed by atoms with Crippen molar-refractivity contribution < 1.29 is 13.9 Å². The molecule has 0 bridgehead atoms. The van der Waals surface area contributed by atoms with Crippen LogP contribution < -0.4 is 5.32 Å². The van der Waals surface area contributed by atoms with Crippen LogP contribution in [-0.4, -0.2) is 48.6 Å². The monoisotopic (exact) mass is 343 g/mol. The molecule has 132 valence electrons. The number of aromatic nitrogens is 1. The molecule has 3 rings (SSSR count). The molecule has 1 atom stereocenters. The van der Waals surface area contributed by atoms with Gasteiger partial charge in [0.1, 0.15) is 5.82 Å². The van der Waals surface area contributed by atoms with Crippen LogP contribution >= 0.6 is 0 Å². The molecule has 1 fully saturated rings. The number of halogens is 1. The summed E-state index contributed by atoms with van der Waals surface area (Å²) in [6.07, 6.45) is 3.53. The van der Waals surface area contributed by atoms with E-state index in [1.54, 1.807) is 25.4 Å². The third-order valence-corrected chi connectivity index (χ3v) is 4.38. The van der Waals surface area contributed by atoms with Gasteiger partial charge in [-0.05, 0) is 36.2 Å². The van der Waals surface area contributed by atoms with Crippen molar-refractivity contribution in [2.75, 3.05) is 32.8 Å². The molecule has 25 heavy (non-hydrogen) atoms. The number of nitrogens with one attached hydrogen (secondary N) is 1. The molecule has 1 saturated heterocycles. The first-order valence-electron chi connectivity index (χ1n) is 8.41. The second-order valence-corrected chi connectivity index (χ2v) is 6.14. The van der Waals surface area contributed by atoms with Gasteiger partial charge in [0.15, 0.2) is 0 Å². The van der Waals surface area contributed by atoms with Crippen LogP contribution in [0, 0.1) is 12.7 Å². The van der Waals surface area contributed by atoms with Crippen molar-refractivity contribution in [3.8, 4) is 0 Å². The predicted molar refractivity (Wildman–Crippen MR) is 92.8 cm³/mol. The maximum Gasteiger partial charge on any atom is 0.254 e. The summed E-state index contributed by atoms with van der Waals surface area (Å²) in [7, 11) is 0. The van der Waals surface area contributed by atoms with Gasteiger partial charge in [0.25, 0.3) is 5.91 Å². The minimum Gasteiger partial charge on any atom is -0.379 e. The highest BCUT2D eigenvalue weighted by Gasteiger charge is 2.24. The summed E-state index contributed by atoms with van der Waals surface area (Å²) in [6, 6.07) is 8.48. The van der Waals surface area contributed by atoms with Crippen LogP contribution in [0.2, 0.25) is 0 Å². The van der Waals surface area contributed by atoms with Crippen LogP contribution in [0.25, 0.3) is 0 Å². The molecule has 1 aliphatic heterocycles. The average Bonchev–Trinajstić information content (AvgIpc) is 2.63. The van der Waals surface area contributed by atoms with Gasteiger partial charge in [0.2, 0.25) is 0 Å². The number of morpholine rings is 1. The largest absolute Gasteiger partial charge is 0.379 e. The molecule has 1 aromatic heterocycles. The van der Waals surface area contributed by atoms with E-state index in [4.69, 9.17) is 4.74 Å². The molecule has 1 N–H and O–H groups in total. The molecule has 2 heterocycles. The van der Waals surface area contributed by atoms with Gasteiger partial charge in [0, 0.05) is 32.0 Å². The Morgan fingerprint density at radius 2 is 2.16 bits per heavy atom. The minimum absolute atomic E-state index is 0.0185. The Balaban J connectivity index is 1.72. The Labute approximate surface area is 146 Å². The lowest BCUT2D eigenvalue weighted by Crippen LogP contribution is -2.44. The van der Waals surface area contributed by atoms with E-state index in [0.29, 0.717) is 19.8 Å². The lowest BCUT2D eigenvalue weighted by molar-refractivity contribution is 0.0161. The Hall–Kier alpha value is -2.31. The number of hydrogen-bond donors (Lipinski definition) is 1. The predicted octanol–water partition coefficient (Wildman–Crippen LogP) is 2.33. The molecule has 1 aromatic carbocycles. The van der Waals surface area contributed by atoms with E-state index in [2.05, 4.69) is 15.2 Å². The highest BCUT2D eigenvalue weighted by molar-refractivity contribution is 5.94. The van der Waals surface area contributed by atoms with Crippen LogP contribution in [0.4, 0.5) is 4.39 Å². The van der Waals surface area contributed by atoms with E-state index in [1.165, 1.54) is 12.1 Å². The van der Waals surface area contributed by atoms with E-state index in [9.17, 15) is 9.18 Å².